The molecule has 1 aromatic heterocycles. The molecule has 1 heterocycles. The van der Waals surface area contributed by atoms with Gasteiger partial charge in [-0.25, -0.2) is 18.5 Å². The van der Waals surface area contributed by atoms with E-state index in [-0.39, 0.29) is 24.7 Å². The number of esters is 1. The van der Waals surface area contributed by atoms with Crippen LogP contribution in [0.1, 0.15) is 19.4 Å². The first-order valence-electron chi connectivity index (χ1n) is 11.1. The molecule has 0 bridgehead atoms. The van der Waals surface area contributed by atoms with E-state index >= 15 is 0 Å². The van der Waals surface area contributed by atoms with Crippen LogP contribution in [0.2, 0.25) is 5.02 Å². The topological polar surface area (TPSA) is 104 Å². The second-order valence-electron chi connectivity index (χ2n) is 8.32. The monoisotopic (exact) mass is 558 g/mol. The molecular formula is C24H23ClF4N4O5. The summed E-state index contributed by atoms with van der Waals surface area (Å²) in [4.78, 5) is 41.8. The fourth-order valence-corrected chi connectivity index (χ4v) is 3.43. The molecule has 0 aliphatic heterocycles. The van der Waals surface area contributed by atoms with Crippen molar-refractivity contribution < 1.29 is 31.8 Å². The highest BCUT2D eigenvalue weighted by atomic mass is 35.5. The Balaban J connectivity index is 2.01. The number of carbonyl (C=O) groups excluding carboxylic acids is 1. The Morgan fingerprint density at radius 1 is 1.11 bits per heavy atom. The van der Waals surface area contributed by atoms with Gasteiger partial charge in [-0.05, 0) is 36.8 Å². The standard InChI is InChI=1S/C24H23ClF4N4O5/c1-13(20(34)37-3)11-33-22(35)31-21(32(23(33)36)12-15-4-6-16(25)7-5-15)30-17-8-9-19(18(26)10-17)38-14(2)24(27,28)29/h4-10,13-14H,11-12H2,1-3H3,(H,30,31,35)/t13-,14+/m0/s1. The third kappa shape index (κ3) is 6.91. The van der Waals surface area contributed by atoms with E-state index in [0.29, 0.717) is 10.6 Å². The average Bonchev–Trinajstić information content (AvgIpc) is 2.85. The maximum absolute atomic E-state index is 14.5. The first-order valence-corrected chi connectivity index (χ1v) is 11.5. The Morgan fingerprint density at radius 3 is 2.34 bits per heavy atom. The van der Waals surface area contributed by atoms with E-state index in [1.54, 1.807) is 24.3 Å². The van der Waals surface area contributed by atoms with Crippen molar-refractivity contribution in [2.45, 2.75) is 39.2 Å². The van der Waals surface area contributed by atoms with Crippen LogP contribution in [0, 0.1) is 11.7 Å². The van der Waals surface area contributed by atoms with Crippen LogP contribution < -0.4 is 21.4 Å². The van der Waals surface area contributed by atoms with Crippen LogP contribution in [0.4, 0.5) is 29.2 Å². The lowest BCUT2D eigenvalue weighted by Crippen LogP contribution is -2.44. The largest absolute Gasteiger partial charge is 0.478 e. The SMILES string of the molecule is COC(=O)[C@@H](C)Cn1c(=O)nc(Nc2ccc(O[C@H](C)C(F)(F)F)c(F)c2)n(Cc2ccc(Cl)cc2)c1=O. The summed E-state index contributed by atoms with van der Waals surface area (Å²) < 4.78 is 64.0. The molecule has 1 N–H and O–H groups in total. The molecule has 9 nitrogen and oxygen atoms in total. The molecule has 0 radical (unpaired) electrons. The number of carbonyl (C=O) groups is 1. The van der Waals surface area contributed by atoms with Crippen molar-refractivity contribution in [3.63, 3.8) is 0 Å². The molecule has 0 saturated heterocycles. The second kappa shape index (κ2) is 11.7. The van der Waals surface area contributed by atoms with Crippen LogP contribution in [0.3, 0.4) is 0 Å². The van der Waals surface area contributed by atoms with Gasteiger partial charge in [-0.1, -0.05) is 30.7 Å². The summed E-state index contributed by atoms with van der Waals surface area (Å²) in [6.45, 7) is 1.81. The van der Waals surface area contributed by atoms with Gasteiger partial charge in [-0.15, -0.1) is 0 Å². The number of aromatic nitrogens is 3. The number of nitrogens with zero attached hydrogens (tertiary/aromatic N) is 3. The minimum atomic E-state index is -4.69. The van der Waals surface area contributed by atoms with E-state index in [0.717, 1.165) is 28.2 Å². The van der Waals surface area contributed by atoms with E-state index in [1.165, 1.54) is 20.1 Å². The summed E-state index contributed by atoms with van der Waals surface area (Å²) >= 11 is 5.92. The fourth-order valence-electron chi connectivity index (χ4n) is 3.31. The lowest BCUT2D eigenvalue weighted by Gasteiger charge is -2.19. The molecular weight excluding hydrogens is 536 g/mol. The van der Waals surface area contributed by atoms with Crippen molar-refractivity contribution in [3.8, 4) is 5.75 Å². The predicted molar refractivity (Wildman–Crippen MR) is 130 cm³/mol. The van der Waals surface area contributed by atoms with Crippen molar-refractivity contribution in [1.82, 2.24) is 14.1 Å². The molecule has 38 heavy (non-hydrogen) atoms. The maximum Gasteiger partial charge on any atom is 0.425 e. The molecule has 204 valence electrons. The lowest BCUT2D eigenvalue weighted by molar-refractivity contribution is -0.189. The molecule has 0 fully saturated rings. The summed E-state index contributed by atoms with van der Waals surface area (Å²) in [5, 5.41) is 3.11. The summed E-state index contributed by atoms with van der Waals surface area (Å²) in [5.41, 5.74) is -1.23. The Labute approximate surface area is 218 Å². The van der Waals surface area contributed by atoms with E-state index in [4.69, 9.17) is 11.6 Å². The number of halogens is 5. The maximum atomic E-state index is 14.5. The minimum absolute atomic E-state index is 0.0219. The quantitative estimate of drug-likeness (QED) is 0.311. The Kier molecular flexibility index (Phi) is 8.82. The third-order valence-corrected chi connectivity index (χ3v) is 5.67. The molecule has 3 rings (SSSR count). The normalized spacial score (nSPS) is 13.1. The van der Waals surface area contributed by atoms with Gasteiger partial charge in [0.05, 0.1) is 19.6 Å². The van der Waals surface area contributed by atoms with E-state index in [9.17, 15) is 31.9 Å². The summed E-state index contributed by atoms with van der Waals surface area (Å²) in [6.07, 6.45) is -6.94. The Morgan fingerprint density at radius 2 is 1.76 bits per heavy atom. The van der Waals surface area contributed by atoms with Crippen LogP contribution in [-0.2, 0) is 22.6 Å². The van der Waals surface area contributed by atoms with Crippen LogP contribution in [0.15, 0.2) is 52.1 Å². The first-order chi connectivity index (χ1) is 17.8. The molecule has 3 aromatic rings. The number of alkyl halides is 3. The molecule has 0 aliphatic rings. The number of ether oxygens (including phenoxy) is 2. The van der Waals surface area contributed by atoms with Gasteiger partial charge in [0.1, 0.15) is 0 Å². The van der Waals surface area contributed by atoms with Crippen LogP contribution in [0.25, 0.3) is 0 Å². The number of anilines is 2. The smallest absolute Gasteiger partial charge is 0.425 e. The zero-order valence-electron chi connectivity index (χ0n) is 20.4. The number of rotatable bonds is 9. The molecule has 0 unspecified atom stereocenters. The van der Waals surface area contributed by atoms with E-state index in [2.05, 4.69) is 19.8 Å². The zero-order valence-corrected chi connectivity index (χ0v) is 21.1. The number of methoxy groups -OCH3 is 1. The van der Waals surface area contributed by atoms with Gasteiger partial charge in [0.2, 0.25) is 5.95 Å². The number of hydrogen-bond acceptors (Lipinski definition) is 7. The van der Waals surface area contributed by atoms with Gasteiger partial charge in [-0.3, -0.25) is 9.36 Å². The van der Waals surface area contributed by atoms with Crippen molar-refractivity contribution in [2.24, 2.45) is 5.92 Å². The molecule has 0 amide bonds. The van der Waals surface area contributed by atoms with Gasteiger partial charge in [0.15, 0.2) is 17.7 Å². The number of hydrogen-bond donors (Lipinski definition) is 1. The number of benzene rings is 2. The van der Waals surface area contributed by atoms with Crippen molar-refractivity contribution in [2.75, 3.05) is 12.4 Å². The van der Waals surface area contributed by atoms with Crippen molar-refractivity contribution >= 4 is 29.2 Å². The Bertz CT molecular complexity index is 1420. The predicted octanol–water partition coefficient (Wildman–Crippen LogP) is 4.13. The molecule has 0 spiro atoms. The third-order valence-electron chi connectivity index (χ3n) is 5.42. The average molecular weight is 559 g/mol. The van der Waals surface area contributed by atoms with Gasteiger partial charge >= 0.3 is 23.5 Å². The summed E-state index contributed by atoms with van der Waals surface area (Å²) in [7, 11) is 1.17. The molecule has 0 saturated carbocycles. The summed E-state index contributed by atoms with van der Waals surface area (Å²) in [6, 6.07) is 9.47. The van der Waals surface area contributed by atoms with Gasteiger partial charge < -0.3 is 14.8 Å². The first kappa shape index (κ1) is 28.7. The fraction of sp³-hybridized carbons (Fsp3) is 0.333. The molecule has 2 aromatic carbocycles. The van der Waals surface area contributed by atoms with Gasteiger partial charge in [0, 0.05) is 23.3 Å². The van der Waals surface area contributed by atoms with E-state index < -0.39 is 47.1 Å². The highest BCUT2D eigenvalue weighted by Crippen LogP contribution is 2.28. The van der Waals surface area contributed by atoms with Crippen LogP contribution in [-0.4, -0.2) is 39.5 Å². The molecule has 14 heteroatoms. The highest BCUT2D eigenvalue weighted by molar-refractivity contribution is 6.30. The number of nitrogens with one attached hydrogen (secondary N) is 1. The lowest BCUT2D eigenvalue weighted by atomic mass is 10.2. The Hall–Kier alpha value is -3.87. The van der Waals surface area contributed by atoms with Crippen molar-refractivity contribution in [3.05, 3.63) is 79.8 Å². The highest BCUT2D eigenvalue weighted by Gasteiger charge is 2.38. The van der Waals surface area contributed by atoms with Crippen LogP contribution >= 0.6 is 11.6 Å². The summed E-state index contributed by atoms with van der Waals surface area (Å²) in [5.74, 6) is -3.50. The second-order valence-corrected chi connectivity index (χ2v) is 8.76. The molecule has 2 atom stereocenters. The van der Waals surface area contributed by atoms with Gasteiger partial charge in [-0.2, -0.15) is 18.2 Å². The van der Waals surface area contributed by atoms with E-state index in [1.807, 2.05) is 0 Å². The minimum Gasteiger partial charge on any atom is -0.478 e. The van der Waals surface area contributed by atoms with Gasteiger partial charge in [0.25, 0.3) is 0 Å². The zero-order chi connectivity index (χ0) is 28.2. The van der Waals surface area contributed by atoms with Crippen molar-refractivity contribution in [1.29, 1.82) is 0 Å². The molecule has 0 aliphatic carbocycles. The van der Waals surface area contributed by atoms with Crippen LogP contribution in [0.5, 0.6) is 5.75 Å².